The molecule has 0 saturated heterocycles. The van der Waals surface area contributed by atoms with Gasteiger partial charge in [0, 0.05) is 5.57 Å². The Bertz CT molecular complexity index is 107. The minimum Gasteiger partial charge on any atom is -0.435 e. The average Bonchev–Trinajstić information content (AvgIpc) is 1.67. The molecule has 1 N–H and O–H groups in total. The summed E-state index contributed by atoms with van der Waals surface area (Å²) in [6.07, 6.45) is 0. The van der Waals surface area contributed by atoms with Crippen molar-refractivity contribution in [2.24, 2.45) is 0 Å². The third-order valence-electron chi connectivity index (χ3n) is 0.544. The Kier molecular flexibility index (Phi) is 13.1. The lowest BCUT2D eigenvalue weighted by molar-refractivity contribution is -0.146. The van der Waals surface area contributed by atoms with Crippen LogP contribution in [0.4, 0.5) is 0 Å². The van der Waals surface area contributed by atoms with Crippen molar-refractivity contribution < 1.29 is 14.6 Å². The summed E-state index contributed by atoms with van der Waals surface area (Å²) in [5.74, 6) is -0.562. The molecule has 0 aromatic heterocycles. The molecule has 0 bridgehead atoms. The minimum atomic E-state index is -0.578. The van der Waals surface area contributed by atoms with Gasteiger partial charge >= 0.3 is 5.97 Å². The number of ether oxygens (including phenoxy) is 1. The van der Waals surface area contributed by atoms with Crippen LogP contribution in [0.25, 0.3) is 0 Å². The van der Waals surface area contributed by atoms with Crippen molar-refractivity contribution in [3.05, 3.63) is 12.2 Å². The van der Waals surface area contributed by atoms with Gasteiger partial charge in [-0.15, -0.1) is 0 Å². The normalized spacial score (nSPS) is 6.60. The molecule has 0 aromatic carbocycles. The van der Waals surface area contributed by atoms with Crippen molar-refractivity contribution in [2.75, 3.05) is 6.79 Å². The first-order chi connectivity index (χ1) is 3.68. The predicted octanol–water partition coefficient (Wildman–Crippen LogP) is 1.33. The highest BCUT2D eigenvalue weighted by Gasteiger charge is 1.98. The quantitative estimate of drug-likeness (QED) is 0.365. The van der Waals surface area contributed by atoms with Gasteiger partial charge in [-0.25, -0.2) is 4.79 Å². The topological polar surface area (TPSA) is 46.5 Å². The maximum absolute atomic E-state index is 10.3. The van der Waals surface area contributed by atoms with E-state index in [9.17, 15) is 4.79 Å². The summed E-state index contributed by atoms with van der Waals surface area (Å²) in [5.41, 5.74) is 0.291. The highest BCUT2D eigenvalue weighted by molar-refractivity contribution is 5.86. The molecule has 0 amide bonds. The molecule has 62 valence electrons. The molecule has 0 rings (SSSR count). The largest absolute Gasteiger partial charge is 0.435 e. The van der Waals surface area contributed by atoms with Crippen LogP contribution in [0.3, 0.4) is 0 Å². The van der Waals surface area contributed by atoms with Crippen LogP contribution < -0.4 is 0 Å². The number of carbonyl (C=O) groups excluding carboxylic acids is 1. The van der Waals surface area contributed by atoms with Crippen LogP contribution in [0.5, 0.6) is 0 Å². The second kappa shape index (κ2) is 8.17. The van der Waals surface area contributed by atoms with Gasteiger partial charge in [-0.05, 0) is 6.92 Å². The molecule has 3 heteroatoms. The standard InChI is InChI=1S/C5H8O3.2CH4/c1-4(2)5(7)8-3-6;;/h6H,1,3H2,2H3;2*1H4. The number of carbonyl (C=O) groups is 1. The summed E-state index contributed by atoms with van der Waals surface area (Å²) >= 11 is 0. The van der Waals surface area contributed by atoms with E-state index in [1.807, 2.05) is 0 Å². The van der Waals surface area contributed by atoms with Crippen LogP contribution >= 0.6 is 0 Å². The number of rotatable bonds is 2. The van der Waals surface area contributed by atoms with Crippen LogP contribution in [0.15, 0.2) is 12.2 Å². The van der Waals surface area contributed by atoms with Crippen LogP contribution in [-0.4, -0.2) is 17.9 Å². The number of aliphatic hydroxyl groups is 1. The van der Waals surface area contributed by atoms with E-state index in [0.29, 0.717) is 5.57 Å². The van der Waals surface area contributed by atoms with E-state index in [1.54, 1.807) is 0 Å². The molecule has 0 aliphatic carbocycles. The highest BCUT2D eigenvalue weighted by atomic mass is 16.6. The minimum absolute atomic E-state index is 0. The zero-order valence-corrected chi connectivity index (χ0v) is 4.68. The Hall–Kier alpha value is -0.830. The van der Waals surface area contributed by atoms with Crippen molar-refractivity contribution in [3.8, 4) is 0 Å². The SMILES string of the molecule is C.C.C=C(C)C(=O)OCO. The number of hydrogen-bond donors (Lipinski definition) is 1. The molecular formula is C7H16O3. The first kappa shape index (κ1) is 16.1. The van der Waals surface area contributed by atoms with Crippen molar-refractivity contribution in [1.29, 1.82) is 0 Å². The van der Waals surface area contributed by atoms with E-state index < -0.39 is 12.8 Å². The summed E-state index contributed by atoms with van der Waals surface area (Å²) in [6.45, 7) is 4.22. The van der Waals surface area contributed by atoms with Gasteiger partial charge in [0.05, 0.1) is 0 Å². The van der Waals surface area contributed by atoms with Crippen molar-refractivity contribution in [2.45, 2.75) is 21.8 Å². The number of hydrogen-bond acceptors (Lipinski definition) is 3. The Labute approximate surface area is 62.3 Å². The third kappa shape index (κ3) is 7.17. The van der Waals surface area contributed by atoms with Gasteiger partial charge in [0.15, 0.2) is 6.79 Å². The summed E-state index contributed by atoms with van der Waals surface area (Å²) in [7, 11) is 0. The summed E-state index contributed by atoms with van der Waals surface area (Å²) in [6, 6.07) is 0. The molecule has 0 atom stereocenters. The summed E-state index contributed by atoms with van der Waals surface area (Å²) < 4.78 is 4.12. The van der Waals surface area contributed by atoms with Crippen molar-refractivity contribution >= 4 is 5.97 Å². The molecular weight excluding hydrogens is 132 g/mol. The fourth-order valence-corrected chi connectivity index (χ4v) is 0.182. The van der Waals surface area contributed by atoms with Crippen LogP contribution in [0, 0.1) is 0 Å². The van der Waals surface area contributed by atoms with Gasteiger partial charge in [0.1, 0.15) is 0 Å². The maximum atomic E-state index is 10.3. The predicted molar refractivity (Wildman–Crippen MR) is 41.5 cm³/mol. The lowest BCUT2D eigenvalue weighted by Gasteiger charge is -1.95. The lowest BCUT2D eigenvalue weighted by Crippen LogP contribution is -2.04. The Morgan fingerprint density at radius 3 is 2.10 bits per heavy atom. The van der Waals surface area contributed by atoms with E-state index >= 15 is 0 Å². The second-order valence-corrected chi connectivity index (χ2v) is 1.34. The van der Waals surface area contributed by atoms with E-state index in [1.165, 1.54) is 6.92 Å². The number of aliphatic hydroxyl groups excluding tert-OH is 1. The second-order valence-electron chi connectivity index (χ2n) is 1.34. The molecule has 0 aromatic rings. The van der Waals surface area contributed by atoms with E-state index in [4.69, 9.17) is 5.11 Å². The summed E-state index contributed by atoms with van der Waals surface area (Å²) in [5, 5.41) is 8.00. The molecule has 3 nitrogen and oxygen atoms in total. The first-order valence-corrected chi connectivity index (χ1v) is 2.12. The van der Waals surface area contributed by atoms with Crippen molar-refractivity contribution in [1.82, 2.24) is 0 Å². The molecule has 10 heavy (non-hydrogen) atoms. The molecule has 0 unspecified atom stereocenters. The highest BCUT2D eigenvalue weighted by Crippen LogP contribution is 1.88. The fraction of sp³-hybridized carbons (Fsp3) is 0.571. The molecule has 0 spiro atoms. The van der Waals surface area contributed by atoms with Gasteiger partial charge in [0.2, 0.25) is 0 Å². The lowest BCUT2D eigenvalue weighted by atomic mass is 10.4. The van der Waals surface area contributed by atoms with Gasteiger partial charge in [-0.2, -0.15) is 0 Å². The zero-order valence-electron chi connectivity index (χ0n) is 4.68. The molecule has 0 aliphatic heterocycles. The monoisotopic (exact) mass is 148 g/mol. The van der Waals surface area contributed by atoms with Gasteiger partial charge in [0.25, 0.3) is 0 Å². The first-order valence-electron chi connectivity index (χ1n) is 2.12. The molecule has 0 fully saturated rings. The molecule has 0 heterocycles. The van der Waals surface area contributed by atoms with E-state index in [2.05, 4.69) is 11.3 Å². The van der Waals surface area contributed by atoms with E-state index in [-0.39, 0.29) is 14.9 Å². The van der Waals surface area contributed by atoms with Crippen LogP contribution in [0.2, 0.25) is 0 Å². The third-order valence-corrected chi connectivity index (χ3v) is 0.544. The maximum Gasteiger partial charge on any atom is 0.335 e. The molecule has 0 radical (unpaired) electrons. The van der Waals surface area contributed by atoms with E-state index in [0.717, 1.165) is 0 Å². The molecule has 0 saturated carbocycles. The summed E-state index contributed by atoms with van der Waals surface area (Å²) in [4.78, 5) is 10.3. The van der Waals surface area contributed by atoms with Crippen LogP contribution in [0.1, 0.15) is 21.8 Å². The Balaban J connectivity index is -0.000000245. The van der Waals surface area contributed by atoms with Gasteiger partial charge in [-0.1, -0.05) is 21.4 Å². The average molecular weight is 148 g/mol. The smallest absolute Gasteiger partial charge is 0.335 e. The van der Waals surface area contributed by atoms with Crippen molar-refractivity contribution in [3.63, 3.8) is 0 Å². The van der Waals surface area contributed by atoms with Crippen LogP contribution in [-0.2, 0) is 9.53 Å². The molecule has 0 aliphatic rings. The Morgan fingerprint density at radius 2 is 2.00 bits per heavy atom. The number of esters is 1. The van der Waals surface area contributed by atoms with Gasteiger partial charge < -0.3 is 9.84 Å². The zero-order chi connectivity index (χ0) is 6.57. The Morgan fingerprint density at radius 1 is 1.60 bits per heavy atom. The van der Waals surface area contributed by atoms with Gasteiger partial charge in [-0.3, -0.25) is 0 Å². The fourth-order valence-electron chi connectivity index (χ4n) is 0.182.